The number of nitrogens with zero attached hydrogens (tertiary/aromatic N) is 1. The van der Waals surface area contributed by atoms with Crippen molar-refractivity contribution >= 4 is 27.7 Å². The summed E-state index contributed by atoms with van der Waals surface area (Å²) in [6, 6.07) is 6.87. The summed E-state index contributed by atoms with van der Waals surface area (Å²) in [5.74, 6) is 0. The molecule has 0 heterocycles. The van der Waals surface area contributed by atoms with Gasteiger partial charge in [-0.25, -0.2) is 8.42 Å². The van der Waals surface area contributed by atoms with Crippen LogP contribution in [0.1, 0.15) is 26.3 Å². The summed E-state index contributed by atoms with van der Waals surface area (Å²) in [4.78, 5) is 0. The van der Waals surface area contributed by atoms with Gasteiger partial charge < -0.3 is 5.11 Å². The summed E-state index contributed by atoms with van der Waals surface area (Å²) in [5, 5.41) is 11.5. The molecule has 0 aliphatic rings. The van der Waals surface area contributed by atoms with Crippen LogP contribution in [0, 0.1) is 0 Å². The third-order valence-corrected chi connectivity index (χ3v) is 4.42. The van der Waals surface area contributed by atoms with Crippen molar-refractivity contribution in [2.45, 2.75) is 26.4 Å². The molecule has 1 N–H and O–H groups in total. The van der Waals surface area contributed by atoms with Crippen molar-refractivity contribution in [1.82, 2.24) is 4.31 Å². The molecular formula is C14H20ClNO3S. The third-order valence-electron chi connectivity index (χ3n) is 2.58. The minimum absolute atomic E-state index is 0.0524. The molecular weight excluding hydrogens is 298 g/mol. The highest BCUT2D eigenvalue weighted by molar-refractivity contribution is 7.92. The fourth-order valence-electron chi connectivity index (χ4n) is 1.64. The molecule has 20 heavy (non-hydrogen) atoms. The van der Waals surface area contributed by atoms with Gasteiger partial charge >= 0.3 is 0 Å². The largest absolute Gasteiger partial charge is 0.389 e. The molecule has 0 atom stereocenters. The predicted octanol–water partition coefficient (Wildman–Crippen LogP) is 2.73. The van der Waals surface area contributed by atoms with Crippen LogP contribution < -0.4 is 0 Å². The Morgan fingerprint density at radius 2 is 1.85 bits per heavy atom. The van der Waals surface area contributed by atoms with Crippen LogP contribution in [0.5, 0.6) is 0 Å². The highest BCUT2D eigenvalue weighted by Crippen LogP contribution is 2.14. The Labute approximate surface area is 125 Å². The Morgan fingerprint density at radius 3 is 2.30 bits per heavy atom. The van der Waals surface area contributed by atoms with E-state index >= 15 is 0 Å². The van der Waals surface area contributed by atoms with Crippen molar-refractivity contribution in [2.75, 3.05) is 13.1 Å². The molecule has 0 saturated heterocycles. The fourth-order valence-corrected chi connectivity index (χ4v) is 3.12. The minimum Gasteiger partial charge on any atom is -0.389 e. The van der Waals surface area contributed by atoms with E-state index in [9.17, 15) is 13.5 Å². The second-order valence-corrected chi connectivity index (χ2v) is 7.39. The Bertz CT molecular complexity index is 559. The number of hydrogen-bond acceptors (Lipinski definition) is 3. The summed E-state index contributed by atoms with van der Waals surface area (Å²) >= 11 is 5.77. The lowest BCUT2D eigenvalue weighted by Gasteiger charge is -2.26. The van der Waals surface area contributed by atoms with Crippen LogP contribution in [0.25, 0.3) is 6.08 Å². The van der Waals surface area contributed by atoms with E-state index in [1.54, 1.807) is 45.0 Å². The summed E-state index contributed by atoms with van der Waals surface area (Å²) < 4.78 is 25.6. The van der Waals surface area contributed by atoms with E-state index in [2.05, 4.69) is 0 Å². The van der Waals surface area contributed by atoms with Gasteiger partial charge in [0.15, 0.2) is 0 Å². The number of aliphatic hydroxyl groups is 1. The van der Waals surface area contributed by atoms with Gasteiger partial charge in [0.05, 0.1) is 5.60 Å². The number of likely N-dealkylation sites (N-methyl/N-ethyl adjacent to an activating group) is 1. The standard InChI is InChI=1S/C14H20ClNO3S/c1-4-16(11-14(2,3)17)20(18,19)10-9-12-5-7-13(15)8-6-12/h5-10,17H,4,11H2,1-3H3/b10-9+. The predicted molar refractivity (Wildman–Crippen MR) is 83.0 cm³/mol. The van der Waals surface area contributed by atoms with Crippen molar-refractivity contribution in [3.8, 4) is 0 Å². The number of rotatable bonds is 6. The van der Waals surface area contributed by atoms with Gasteiger partial charge in [0.1, 0.15) is 0 Å². The molecule has 0 aliphatic carbocycles. The molecule has 0 fully saturated rings. The molecule has 0 unspecified atom stereocenters. The zero-order chi connectivity index (χ0) is 15.4. The average molecular weight is 318 g/mol. The maximum atomic E-state index is 12.2. The van der Waals surface area contributed by atoms with Gasteiger partial charge in [-0.15, -0.1) is 0 Å². The van der Waals surface area contributed by atoms with Crippen molar-refractivity contribution in [3.63, 3.8) is 0 Å². The quantitative estimate of drug-likeness (QED) is 0.877. The zero-order valence-electron chi connectivity index (χ0n) is 11.9. The van der Waals surface area contributed by atoms with Crippen molar-refractivity contribution < 1.29 is 13.5 Å². The lowest BCUT2D eigenvalue weighted by atomic mass is 10.1. The molecule has 1 rings (SSSR count). The molecule has 1 aromatic rings. The van der Waals surface area contributed by atoms with Crippen LogP contribution in [0.3, 0.4) is 0 Å². The van der Waals surface area contributed by atoms with Gasteiger partial charge in [-0.05, 0) is 37.6 Å². The number of benzene rings is 1. The summed E-state index contributed by atoms with van der Waals surface area (Å²) in [7, 11) is -3.55. The second-order valence-electron chi connectivity index (χ2n) is 5.14. The zero-order valence-corrected chi connectivity index (χ0v) is 13.4. The van der Waals surface area contributed by atoms with Crippen LogP contribution in [0.15, 0.2) is 29.7 Å². The van der Waals surface area contributed by atoms with E-state index in [1.807, 2.05) is 0 Å². The lowest BCUT2D eigenvalue weighted by Crippen LogP contribution is -2.41. The SMILES string of the molecule is CCN(CC(C)(C)O)S(=O)(=O)/C=C/c1ccc(Cl)cc1. The molecule has 0 amide bonds. The summed E-state index contributed by atoms with van der Waals surface area (Å²) in [6.07, 6.45) is 1.51. The van der Waals surface area contributed by atoms with Crippen LogP contribution in [-0.4, -0.2) is 36.5 Å². The van der Waals surface area contributed by atoms with E-state index in [1.165, 1.54) is 10.4 Å². The van der Waals surface area contributed by atoms with Gasteiger partial charge in [0.2, 0.25) is 10.0 Å². The molecule has 112 valence electrons. The summed E-state index contributed by atoms with van der Waals surface area (Å²) in [6.45, 7) is 5.25. The molecule has 0 radical (unpaired) electrons. The van der Waals surface area contributed by atoms with Gasteiger partial charge in [0.25, 0.3) is 0 Å². The van der Waals surface area contributed by atoms with Crippen LogP contribution in [-0.2, 0) is 10.0 Å². The maximum Gasteiger partial charge on any atom is 0.236 e. The van der Waals surface area contributed by atoms with E-state index in [4.69, 9.17) is 11.6 Å². The molecule has 0 saturated carbocycles. The second kappa shape index (κ2) is 6.72. The van der Waals surface area contributed by atoms with Crippen molar-refractivity contribution in [1.29, 1.82) is 0 Å². The minimum atomic E-state index is -3.55. The first-order chi connectivity index (χ1) is 9.14. The molecule has 0 aromatic heterocycles. The Morgan fingerprint density at radius 1 is 1.30 bits per heavy atom. The van der Waals surface area contributed by atoms with Gasteiger partial charge in [-0.3, -0.25) is 0 Å². The molecule has 4 nitrogen and oxygen atoms in total. The highest BCUT2D eigenvalue weighted by Gasteiger charge is 2.24. The molecule has 0 bridgehead atoms. The molecule has 6 heteroatoms. The van der Waals surface area contributed by atoms with Gasteiger partial charge in [0, 0.05) is 23.5 Å². The van der Waals surface area contributed by atoms with E-state index < -0.39 is 15.6 Å². The Kier molecular flexibility index (Phi) is 5.77. The maximum absolute atomic E-state index is 12.2. The average Bonchev–Trinajstić information content (AvgIpc) is 2.34. The Hall–Kier alpha value is -0.880. The molecule has 0 spiro atoms. The first-order valence-corrected chi connectivity index (χ1v) is 8.18. The number of hydrogen-bond donors (Lipinski definition) is 1. The number of halogens is 1. The first-order valence-electron chi connectivity index (χ1n) is 6.30. The molecule has 0 aliphatic heterocycles. The molecule has 1 aromatic carbocycles. The smallest absolute Gasteiger partial charge is 0.236 e. The van der Waals surface area contributed by atoms with E-state index in [-0.39, 0.29) is 6.54 Å². The van der Waals surface area contributed by atoms with Gasteiger partial charge in [-0.1, -0.05) is 30.7 Å². The van der Waals surface area contributed by atoms with Crippen molar-refractivity contribution in [3.05, 3.63) is 40.3 Å². The topological polar surface area (TPSA) is 57.6 Å². The van der Waals surface area contributed by atoms with Crippen LogP contribution in [0.4, 0.5) is 0 Å². The van der Waals surface area contributed by atoms with Gasteiger partial charge in [-0.2, -0.15) is 4.31 Å². The summed E-state index contributed by atoms with van der Waals surface area (Å²) in [5.41, 5.74) is -0.325. The number of sulfonamides is 1. The van der Waals surface area contributed by atoms with E-state index in [0.29, 0.717) is 11.6 Å². The highest BCUT2D eigenvalue weighted by atomic mass is 35.5. The van der Waals surface area contributed by atoms with E-state index in [0.717, 1.165) is 11.0 Å². The fraction of sp³-hybridized carbons (Fsp3) is 0.429. The monoisotopic (exact) mass is 317 g/mol. The normalized spacial score (nSPS) is 13.3. The third kappa shape index (κ3) is 5.63. The Balaban J connectivity index is 2.89. The van der Waals surface area contributed by atoms with Crippen LogP contribution in [0.2, 0.25) is 5.02 Å². The lowest BCUT2D eigenvalue weighted by molar-refractivity contribution is 0.0604. The first kappa shape index (κ1) is 17.2. The van der Waals surface area contributed by atoms with Crippen LogP contribution >= 0.6 is 11.6 Å². The van der Waals surface area contributed by atoms with Crippen molar-refractivity contribution in [2.24, 2.45) is 0 Å².